The number of hydrogen-bond acceptors (Lipinski definition) is 4. The van der Waals surface area contributed by atoms with Crippen molar-refractivity contribution in [1.29, 1.82) is 0 Å². The number of ether oxygens (including phenoxy) is 1. The number of aliphatic hydroxyl groups excluding tert-OH is 2. The van der Waals surface area contributed by atoms with Crippen LogP contribution in [0.2, 0.25) is 0 Å². The smallest absolute Gasteiger partial charge is 0.110 e. The van der Waals surface area contributed by atoms with Crippen LogP contribution in [0, 0.1) is 0 Å². The van der Waals surface area contributed by atoms with Crippen molar-refractivity contribution in [2.45, 2.75) is 6.10 Å². The zero-order chi connectivity index (χ0) is 9.23. The van der Waals surface area contributed by atoms with Crippen LogP contribution in [0.1, 0.15) is 0 Å². The summed E-state index contributed by atoms with van der Waals surface area (Å²) >= 11 is 0. The molecule has 1 radical (unpaired) electrons. The number of nitrogens with one attached hydrogen (secondary N) is 1. The summed E-state index contributed by atoms with van der Waals surface area (Å²) < 4.78 is 4.98. The fraction of sp³-hybridized carbons (Fsp3) is 1.00. The molecular formula is C7H16NO4. The van der Waals surface area contributed by atoms with Gasteiger partial charge in [-0.3, -0.25) is 0 Å². The van der Waals surface area contributed by atoms with Gasteiger partial charge in [-0.05, 0) is 0 Å². The second-order valence-electron chi connectivity index (χ2n) is 2.31. The normalized spacial score (nSPS) is 13.2. The highest BCUT2D eigenvalue weighted by Gasteiger charge is 2.06. The molecule has 0 aliphatic heterocycles. The van der Waals surface area contributed by atoms with E-state index in [1.165, 1.54) is 0 Å². The monoisotopic (exact) mass is 178 g/mol. The van der Waals surface area contributed by atoms with Crippen LogP contribution in [0.5, 0.6) is 0 Å². The molecule has 0 aromatic rings. The van der Waals surface area contributed by atoms with Crippen LogP contribution >= 0.6 is 0 Å². The molecule has 5 heteroatoms. The summed E-state index contributed by atoms with van der Waals surface area (Å²) in [5, 5.41) is 30.1. The standard InChI is InChI=1S/C7H16NO4/c9-2-1-8-5-7(6-11)12-4-3-10/h7-10H,1-6H2. The van der Waals surface area contributed by atoms with Gasteiger partial charge in [-0.2, -0.15) is 0 Å². The third-order valence-electron chi connectivity index (χ3n) is 1.29. The van der Waals surface area contributed by atoms with E-state index in [2.05, 4.69) is 5.32 Å². The number of rotatable bonds is 8. The van der Waals surface area contributed by atoms with E-state index in [1.54, 1.807) is 0 Å². The minimum absolute atomic E-state index is 0.0472. The minimum atomic E-state index is -0.413. The molecule has 0 bridgehead atoms. The van der Waals surface area contributed by atoms with Crippen LogP contribution in [0.25, 0.3) is 0 Å². The van der Waals surface area contributed by atoms with E-state index in [9.17, 15) is 5.11 Å². The van der Waals surface area contributed by atoms with Gasteiger partial charge in [-0.25, -0.2) is 5.11 Å². The Morgan fingerprint density at radius 1 is 1.33 bits per heavy atom. The average Bonchev–Trinajstić information content (AvgIpc) is 2.11. The van der Waals surface area contributed by atoms with Crippen LogP contribution in [-0.4, -0.2) is 55.8 Å². The molecule has 0 rings (SSSR count). The molecule has 5 nitrogen and oxygen atoms in total. The molecule has 0 aliphatic carbocycles. The van der Waals surface area contributed by atoms with Gasteiger partial charge < -0.3 is 20.3 Å². The highest BCUT2D eigenvalue weighted by atomic mass is 16.5. The molecule has 12 heavy (non-hydrogen) atoms. The summed E-state index contributed by atoms with van der Waals surface area (Å²) in [7, 11) is 0. The predicted molar refractivity (Wildman–Crippen MR) is 42.3 cm³/mol. The van der Waals surface area contributed by atoms with Gasteiger partial charge in [0.05, 0.1) is 25.9 Å². The highest BCUT2D eigenvalue weighted by Crippen LogP contribution is 1.88. The fourth-order valence-corrected chi connectivity index (χ4v) is 0.727. The van der Waals surface area contributed by atoms with Crippen LogP contribution in [0.15, 0.2) is 0 Å². The van der Waals surface area contributed by atoms with E-state index >= 15 is 0 Å². The van der Waals surface area contributed by atoms with Gasteiger partial charge in [0.25, 0.3) is 0 Å². The van der Waals surface area contributed by atoms with Crippen molar-refractivity contribution in [2.75, 3.05) is 39.5 Å². The zero-order valence-electron chi connectivity index (χ0n) is 7.03. The van der Waals surface area contributed by atoms with E-state index in [4.69, 9.17) is 14.9 Å². The molecule has 0 heterocycles. The first kappa shape index (κ1) is 11.8. The van der Waals surface area contributed by atoms with Gasteiger partial charge in [0.1, 0.15) is 6.61 Å². The van der Waals surface area contributed by atoms with E-state index in [-0.39, 0.29) is 26.4 Å². The SMILES string of the molecule is [O]CC(CNCCO)OCCO. The molecule has 73 valence electrons. The van der Waals surface area contributed by atoms with Gasteiger partial charge >= 0.3 is 0 Å². The molecule has 3 N–H and O–H groups in total. The average molecular weight is 178 g/mol. The van der Waals surface area contributed by atoms with Gasteiger partial charge in [0.2, 0.25) is 0 Å². The van der Waals surface area contributed by atoms with Crippen LogP contribution in [0.4, 0.5) is 0 Å². The Hall–Kier alpha value is -0.200. The molecule has 0 amide bonds. The van der Waals surface area contributed by atoms with Crippen molar-refractivity contribution in [3.8, 4) is 0 Å². The van der Waals surface area contributed by atoms with Crippen molar-refractivity contribution >= 4 is 0 Å². The molecule has 0 spiro atoms. The Morgan fingerprint density at radius 2 is 2.08 bits per heavy atom. The van der Waals surface area contributed by atoms with Crippen molar-refractivity contribution in [3.05, 3.63) is 0 Å². The lowest BCUT2D eigenvalue weighted by Gasteiger charge is -2.13. The van der Waals surface area contributed by atoms with Crippen LogP contribution in [0.3, 0.4) is 0 Å². The van der Waals surface area contributed by atoms with Crippen molar-refractivity contribution < 1.29 is 20.1 Å². The van der Waals surface area contributed by atoms with Gasteiger partial charge in [-0.1, -0.05) is 0 Å². The Morgan fingerprint density at radius 3 is 2.58 bits per heavy atom. The lowest BCUT2D eigenvalue weighted by atomic mass is 10.3. The summed E-state index contributed by atoms with van der Waals surface area (Å²) in [6.07, 6.45) is -0.413. The first-order chi connectivity index (χ1) is 5.85. The molecule has 0 aromatic carbocycles. The summed E-state index contributed by atoms with van der Waals surface area (Å²) in [5.74, 6) is 0. The van der Waals surface area contributed by atoms with E-state index in [0.29, 0.717) is 13.1 Å². The number of hydrogen-bond donors (Lipinski definition) is 3. The lowest BCUT2D eigenvalue weighted by molar-refractivity contribution is -0.0205. The Kier molecular flexibility index (Phi) is 8.74. The Balaban J connectivity index is 3.26. The third kappa shape index (κ3) is 6.51. The van der Waals surface area contributed by atoms with Crippen molar-refractivity contribution in [1.82, 2.24) is 5.32 Å². The van der Waals surface area contributed by atoms with E-state index in [0.717, 1.165) is 0 Å². The fourth-order valence-electron chi connectivity index (χ4n) is 0.727. The summed E-state index contributed by atoms with van der Waals surface area (Å²) in [6, 6.07) is 0. The first-order valence-electron chi connectivity index (χ1n) is 3.97. The quantitative estimate of drug-likeness (QED) is 0.390. The molecule has 0 aromatic heterocycles. The molecule has 1 atom stereocenters. The van der Waals surface area contributed by atoms with E-state index < -0.39 is 6.10 Å². The third-order valence-corrected chi connectivity index (χ3v) is 1.29. The van der Waals surface area contributed by atoms with Gasteiger partial charge in [0, 0.05) is 13.1 Å². The zero-order valence-corrected chi connectivity index (χ0v) is 7.03. The predicted octanol–water partition coefficient (Wildman–Crippen LogP) is -1.62. The lowest BCUT2D eigenvalue weighted by Crippen LogP contribution is -2.33. The van der Waals surface area contributed by atoms with Crippen LogP contribution in [-0.2, 0) is 9.84 Å². The molecule has 0 saturated carbocycles. The largest absolute Gasteiger partial charge is 0.395 e. The Labute approximate surface area is 72.0 Å². The topological polar surface area (TPSA) is 81.6 Å². The number of aliphatic hydroxyl groups is 2. The van der Waals surface area contributed by atoms with Crippen molar-refractivity contribution in [2.24, 2.45) is 0 Å². The summed E-state index contributed by atoms with van der Waals surface area (Å²) in [6.45, 7) is 0.706. The second kappa shape index (κ2) is 8.89. The van der Waals surface area contributed by atoms with Gasteiger partial charge in [-0.15, -0.1) is 0 Å². The molecule has 0 aliphatic rings. The summed E-state index contributed by atoms with van der Waals surface area (Å²) in [4.78, 5) is 0. The van der Waals surface area contributed by atoms with Gasteiger partial charge in [0.15, 0.2) is 0 Å². The first-order valence-corrected chi connectivity index (χ1v) is 3.97. The molecule has 0 fully saturated rings. The summed E-state index contributed by atoms with van der Waals surface area (Å²) in [5.41, 5.74) is 0. The Bertz CT molecular complexity index is 91.5. The molecular weight excluding hydrogens is 162 g/mol. The molecule has 1 unspecified atom stereocenters. The maximum atomic E-state index is 10.4. The van der Waals surface area contributed by atoms with Crippen LogP contribution < -0.4 is 5.32 Å². The molecule has 0 saturated heterocycles. The van der Waals surface area contributed by atoms with E-state index in [1.807, 2.05) is 0 Å². The minimum Gasteiger partial charge on any atom is -0.395 e. The maximum absolute atomic E-state index is 10.4. The highest BCUT2D eigenvalue weighted by molar-refractivity contribution is 4.59. The maximum Gasteiger partial charge on any atom is 0.110 e. The second-order valence-corrected chi connectivity index (χ2v) is 2.31. The van der Waals surface area contributed by atoms with Crippen molar-refractivity contribution in [3.63, 3.8) is 0 Å².